The lowest BCUT2D eigenvalue weighted by atomic mass is 9.64. The Morgan fingerprint density at radius 2 is 1.08 bits per heavy atom. The molecule has 0 spiro atoms. The van der Waals surface area contributed by atoms with E-state index in [1.807, 2.05) is 42.5 Å². The molecule has 0 radical (unpaired) electrons. The second-order valence-electron chi connectivity index (χ2n) is 9.10. The molecule has 0 aromatic heterocycles. The summed E-state index contributed by atoms with van der Waals surface area (Å²) in [4.78, 5) is 0. The number of ether oxygens (including phenoxy) is 1. The van der Waals surface area contributed by atoms with Crippen LogP contribution in [0.15, 0.2) is 121 Å². The van der Waals surface area contributed by atoms with Crippen molar-refractivity contribution in [1.29, 1.82) is 0 Å². The largest absolute Gasteiger partial charge is 0.497 e. The van der Waals surface area contributed by atoms with Crippen molar-refractivity contribution < 1.29 is 4.74 Å². The van der Waals surface area contributed by atoms with E-state index in [0.29, 0.717) is 11.4 Å². The number of hydrogen-bond donors (Lipinski definition) is 2. The molecule has 0 heterocycles. The summed E-state index contributed by atoms with van der Waals surface area (Å²) < 4.78 is 5.66. The molecule has 0 aliphatic rings. The van der Waals surface area contributed by atoms with E-state index in [1.165, 1.54) is 5.56 Å². The molecule has 0 bridgehead atoms. The lowest BCUT2D eigenvalue weighted by Crippen LogP contribution is -2.33. The van der Waals surface area contributed by atoms with Crippen molar-refractivity contribution in [3.05, 3.63) is 149 Å². The number of aryl methyl sites for hydroxylation is 1. The van der Waals surface area contributed by atoms with E-state index in [-0.39, 0.29) is 0 Å². The van der Waals surface area contributed by atoms with Crippen molar-refractivity contribution in [2.45, 2.75) is 12.3 Å². The topological polar surface area (TPSA) is 61.3 Å². The van der Waals surface area contributed by atoms with Crippen LogP contribution in [0.3, 0.4) is 0 Å². The first-order valence-corrected chi connectivity index (χ1v) is 12.1. The zero-order valence-corrected chi connectivity index (χ0v) is 20.6. The van der Waals surface area contributed by atoms with Gasteiger partial charge in [-0.1, -0.05) is 103 Å². The molecule has 4 N–H and O–H groups in total. The summed E-state index contributed by atoms with van der Waals surface area (Å²) in [5, 5.41) is 0. The van der Waals surface area contributed by atoms with Gasteiger partial charge in [0.2, 0.25) is 0 Å². The molecule has 0 fully saturated rings. The van der Waals surface area contributed by atoms with E-state index in [0.717, 1.165) is 39.1 Å². The van der Waals surface area contributed by atoms with Crippen LogP contribution in [0.25, 0.3) is 11.1 Å². The van der Waals surface area contributed by atoms with Crippen molar-refractivity contribution >= 4 is 11.4 Å². The van der Waals surface area contributed by atoms with Gasteiger partial charge in [-0.05, 0) is 64.6 Å². The molecule has 5 aromatic carbocycles. The van der Waals surface area contributed by atoms with Crippen molar-refractivity contribution in [1.82, 2.24) is 0 Å². The number of nitrogen functional groups attached to an aromatic ring is 2. The molecule has 0 aliphatic heterocycles. The Hall–Kier alpha value is -4.50. The molecule has 0 amide bonds. The minimum absolute atomic E-state index is 0.674. The summed E-state index contributed by atoms with van der Waals surface area (Å²) in [6.07, 6.45) is 0. The lowest BCUT2D eigenvalue weighted by molar-refractivity contribution is 0.414. The molecule has 36 heavy (non-hydrogen) atoms. The molecule has 1 atom stereocenters. The van der Waals surface area contributed by atoms with Crippen molar-refractivity contribution in [3.8, 4) is 16.9 Å². The summed E-state index contributed by atoms with van der Waals surface area (Å²) in [6, 6.07) is 41.6. The Kier molecular flexibility index (Phi) is 6.22. The van der Waals surface area contributed by atoms with Crippen LogP contribution < -0.4 is 16.2 Å². The third-order valence-corrected chi connectivity index (χ3v) is 6.91. The van der Waals surface area contributed by atoms with Crippen LogP contribution in [0.4, 0.5) is 11.4 Å². The molecule has 0 saturated carbocycles. The number of anilines is 2. The zero-order valence-electron chi connectivity index (χ0n) is 20.6. The Morgan fingerprint density at radius 3 is 1.72 bits per heavy atom. The molecule has 5 aromatic rings. The van der Waals surface area contributed by atoms with Gasteiger partial charge in [-0.15, -0.1) is 0 Å². The highest BCUT2D eigenvalue weighted by molar-refractivity contribution is 5.74. The van der Waals surface area contributed by atoms with Gasteiger partial charge in [0, 0.05) is 11.4 Å². The number of benzene rings is 5. The Balaban J connectivity index is 1.89. The second kappa shape index (κ2) is 9.63. The van der Waals surface area contributed by atoms with Crippen LogP contribution in [0.2, 0.25) is 0 Å². The molecule has 0 saturated heterocycles. The van der Waals surface area contributed by atoms with Gasteiger partial charge >= 0.3 is 0 Å². The fourth-order valence-corrected chi connectivity index (χ4v) is 5.15. The second-order valence-corrected chi connectivity index (χ2v) is 9.10. The minimum atomic E-state index is -0.759. The zero-order chi connectivity index (χ0) is 25.1. The maximum absolute atomic E-state index is 6.76. The van der Waals surface area contributed by atoms with Crippen LogP contribution in [0.1, 0.15) is 27.8 Å². The normalized spacial score (nSPS) is 12.6. The lowest BCUT2D eigenvalue weighted by Gasteiger charge is -2.38. The standard InChI is InChI=1S/C33H30N2O/c1-23-13-19-31(34)29(21-23)33(26-11-7-4-8-12-26,30-22-28(36-2)18-20-32(30)35)27-16-14-25(15-17-27)24-9-5-3-6-10-24/h3-22H,34-35H2,1-2H3. The average molecular weight is 471 g/mol. The van der Waals surface area contributed by atoms with E-state index in [2.05, 4.69) is 85.8 Å². The van der Waals surface area contributed by atoms with E-state index >= 15 is 0 Å². The van der Waals surface area contributed by atoms with Gasteiger partial charge in [-0.3, -0.25) is 0 Å². The third-order valence-electron chi connectivity index (χ3n) is 6.91. The molecule has 0 aliphatic carbocycles. The van der Waals surface area contributed by atoms with Gasteiger partial charge in [0.25, 0.3) is 0 Å². The van der Waals surface area contributed by atoms with Crippen LogP contribution in [0.5, 0.6) is 5.75 Å². The highest BCUT2D eigenvalue weighted by Crippen LogP contribution is 2.50. The van der Waals surface area contributed by atoms with Crippen molar-refractivity contribution in [2.75, 3.05) is 18.6 Å². The minimum Gasteiger partial charge on any atom is -0.497 e. The molecular formula is C33H30N2O. The van der Waals surface area contributed by atoms with Gasteiger partial charge in [0.15, 0.2) is 0 Å². The van der Waals surface area contributed by atoms with Gasteiger partial charge in [-0.25, -0.2) is 0 Å². The smallest absolute Gasteiger partial charge is 0.119 e. The summed E-state index contributed by atoms with van der Waals surface area (Å²) in [5.74, 6) is 0.742. The Morgan fingerprint density at radius 1 is 0.556 bits per heavy atom. The summed E-state index contributed by atoms with van der Waals surface area (Å²) in [6.45, 7) is 2.09. The predicted molar refractivity (Wildman–Crippen MR) is 150 cm³/mol. The number of hydrogen-bond acceptors (Lipinski definition) is 3. The monoisotopic (exact) mass is 470 g/mol. The molecule has 3 heteroatoms. The van der Waals surface area contributed by atoms with E-state index in [9.17, 15) is 0 Å². The van der Waals surface area contributed by atoms with Crippen molar-refractivity contribution in [2.24, 2.45) is 0 Å². The quantitative estimate of drug-likeness (QED) is 0.203. The van der Waals surface area contributed by atoms with Gasteiger partial charge in [0.05, 0.1) is 12.5 Å². The number of methoxy groups -OCH3 is 1. The first-order chi connectivity index (χ1) is 17.5. The maximum Gasteiger partial charge on any atom is 0.119 e. The van der Waals surface area contributed by atoms with Crippen LogP contribution in [-0.4, -0.2) is 7.11 Å². The van der Waals surface area contributed by atoms with Crippen LogP contribution >= 0.6 is 0 Å². The van der Waals surface area contributed by atoms with Gasteiger partial charge in [-0.2, -0.15) is 0 Å². The molecule has 1 unspecified atom stereocenters. The summed E-state index contributed by atoms with van der Waals surface area (Å²) in [7, 11) is 1.68. The fourth-order valence-electron chi connectivity index (χ4n) is 5.15. The fraction of sp³-hybridized carbons (Fsp3) is 0.0909. The first kappa shape index (κ1) is 23.3. The van der Waals surface area contributed by atoms with Gasteiger partial charge in [0.1, 0.15) is 5.75 Å². The summed E-state index contributed by atoms with van der Waals surface area (Å²) >= 11 is 0. The van der Waals surface area contributed by atoms with Crippen molar-refractivity contribution in [3.63, 3.8) is 0 Å². The van der Waals surface area contributed by atoms with Crippen LogP contribution in [-0.2, 0) is 5.41 Å². The van der Waals surface area contributed by atoms with E-state index in [1.54, 1.807) is 7.11 Å². The average Bonchev–Trinajstić information content (AvgIpc) is 2.93. The van der Waals surface area contributed by atoms with E-state index < -0.39 is 5.41 Å². The van der Waals surface area contributed by atoms with Crippen LogP contribution in [0, 0.1) is 6.92 Å². The number of nitrogens with two attached hydrogens (primary N) is 2. The maximum atomic E-state index is 6.76. The Bertz CT molecular complexity index is 1480. The third kappa shape index (κ3) is 3.99. The highest BCUT2D eigenvalue weighted by Gasteiger charge is 2.41. The molecule has 178 valence electrons. The molecule has 5 rings (SSSR count). The number of rotatable bonds is 6. The summed E-state index contributed by atoms with van der Waals surface area (Å²) in [5.41, 5.74) is 21.7. The first-order valence-electron chi connectivity index (χ1n) is 12.1. The molecular weight excluding hydrogens is 440 g/mol. The van der Waals surface area contributed by atoms with E-state index in [4.69, 9.17) is 16.2 Å². The SMILES string of the molecule is COc1ccc(N)c(C(c2ccccc2)(c2ccc(-c3ccccc3)cc2)c2cc(C)ccc2N)c1. The predicted octanol–water partition coefficient (Wildman–Crippen LogP) is 7.22. The molecule has 3 nitrogen and oxygen atoms in total. The highest BCUT2D eigenvalue weighted by atomic mass is 16.5. The van der Waals surface area contributed by atoms with Gasteiger partial charge < -0.3 is 16.2 Å². The Labute approximate surface area is 213 Å².